The number of carboxylic acids is 1. The van der Waals surface area contributed by atoms with Gasteiger partial charge < -0.3 is 5.11 Å². The molecule has 134 valence electrons. The number of benzene rings is 1. The Kier molecular flexibility index (Phi) is 4.38. The molecule has 1 aromatic carbocycles. The fourth-order valence-corrected chi connectivity index (χ4v) is 5.12. The maximum absolute atomic E-state index is 13.6. The molecule has 0 radical (unpaired) electrons. The largest absolute Gasteiger partial charge is 0.478 e. The minimum Gasteiger partial charge on any atom is -0.478 e. The molecule has 25 heavy (non-hydrogen) atoms. The molecule has 0 spiro atoms. The quantitative estimate of drug-likeness (QED) is 0.863. The maximum atomic E-state index is 13.6. The van der Waals surface area contributed by atoms with E-state index in [1.54, 1.807) is 6.07 Å². The van der Waals surface area contributed by atoms with E-state index in [0.29, 0.717) is 12.0 Å². The lowest BCUT2D eigenvalue weighted by molar-refractivity contribution is 0.0691. The van der Waals surface area contributed by atoms with Crippen LogP contribution in [0.2, 0.25) is 0 Å². The Bertz CT molecular complexity index is 925. The van der Waals surface area contributed by atoms with Crippen LogP contribution in [0.1, 0.15) is 41.0 Å². The molecule has 2 heterocycles. The van der Waals surface area contributed by atoms with Crippen molar-refractivity contribution in [1.29, 1.82) is 0 Å². The summed E-state index contributed by atoms with van der Waals surface area (Å²) in [5, 5.41) is 15.0. The SMILES string of the molecule is Cc1[nH]nc(S(=O)(=O)N2CC(C)CC2c2cccc(F)c2)c1C(=O)O. The first-order chi connectivity index (χ1) is 11.7. The number of halogens is 1. The van der Waals surface area contributed by atoms with Gasteiger partial charge in [0.1, 0.15) is 11.4 Å². The van der Waals surface area contributed by atoms with Crippen molar-refractivity contribution in [2.75, 3.05) is 6.54 Å². The summed E-state index contributed by atoms with van der Waals surface area (Å²) in [5.41, 5.74) is 0.343. The molecule has 0 saturated carbocycles. The van der Waals surface area contributed by atoms with Crippen molar-refractivity contribution in [3.8, 4) is 0 Å². The van der Waals surface area contributed by atoms with E-state index in [4.69, 9.17) is 0 Å². The minimum absolute atomic E-state index is 0.0522. The molecule has 9 heteroatoms. The second-order valence-electron chi connectivity index (χ2n) is 6.32. The zero-order valence-electron chi connectivity index (χ0n) is 13.7. The number of aromatic amines is 1. The number of rotatable bonds is 4. The number of hydrogen-bond acceptors (Lipinski definition) is 4. The number of carbonyl (C=O) groups is 1. The van der Waals surface area contributed by atoms with Gasteiger partial charge in [-0.2, -0.15) is 9.40 Å². The van der Waals surface area contributed by atoms with Crippen LogP contribution in [0.15, 0.2) is 29.3 Å². The third kappa shape index (κ3) is 3.05. The third-order valence-corrected chi connectivity index (χ3v) is 6.18. The number of carboxylic acid groups (broad SMARTS) is 1. The summed E-state index contributed by atoms with van der Waals surface area (Å²) < 4.78 is 40.9. The molecule has 1 aromatic heterocycles. The summed E-state index contributed by atoms with van der Waals surface area (Å²) >= 11 is 0. The Hall–Kier alpha value is -2.26. The fourth-order valence-electron chi connectivity index (χ4n) is 3.25. The standard InChI is InChI=1S/C16H18FN3O4S/c1-9-6-13(11-4-3-5-12(17)7-11)20(8-9)25(23,24)15-14(16(21)22)10(2)18-19-15/h3-5,7,9,13H,6,8H2,1-2H3,(H,18,19)(H,21,22). The van der Waals surface area contributed by atoms with Crippen molar-refractivity contribution >= 4 is 16.0 Å². The molecule has 1 aliphatic rings. The number of nitrogens with one attached hydrogen (secondary N) is 1. The fraction of sp³-hybridized carbons (Fsp3) is 0.375. The van der Waals surface area contributed by atoms with E-state index < -0.39 is 32.9 Å². The zero-order chi connectivity index (χ0) is 18.4. The van der Waals surface area contributed by atoms with E-state index >= 15 is 0 Å². The average Bonchev–Trinajstić information content (AvgIpc) is 3.11. The highest BCUT2D eigenvalue weighted by molar-refractivity contribution is 7.89. The first kappa shape index (κ1) is 17.6. The lowest BCUT2D eigenvalue weighted by atomic mass is 10.0. The normalized spacial score (nSPS) is 21.6. The van der Waals surface area contributed by atoms with Crippen LogP contribution in [0.4, 0.5) is 4.39 Å². The first-order valence-electron chi connectivity index (χ1n) is 7.77. The second-order valence-corrected chi connectivity index (χ2v) is 8.13. The molecule has 1 saturated heterocycles. The summed E-state index contributed by atoms with van der Waals surface area (Å²) in [6, 6.07) is 5.23. The molecule has 1 fully saturated rings. The van der Waals surface area contributed by atoms with Gasteiger partial charge >= 0.3 is 5.97 Å². The van der Waals surface area contributed by atoms with Crippen LogP contribution in [0, 0.1) is 18.7 Å². The number of hydrogen-bond donors (Lipinski definition) is 2. The van der Waals surface area contributed by atoms with Crippen LogP contribution in [0.3, 0.4) is 0 Å². The predicted octanol–water partition coefficient (Wildman–Crippen LogP) is 2.33. The Balaban J connectivity index is 2.08. The summed E-state index contributed by atoms with van der Waals surface area (Å²) in [4.78, 5) is 11.4. The van der Waals surface area contributed by atoms with Gasteiger partial charge in [0.2, 0.25) is 5.03 Å². The molecular weight excluding hydrogens is 349 g/mol. The Morgan fingerprint density at radius 1 is 1.44 bits per heavy atom. The van der Waals surface area contributed by atoms with E-state index in [9.17, 15) is 22.7 Å². The van der Waals surface area contributed by atoms with Crippen LogP contribution in [-0.4, -0.2) is 40.5 Å². The van der Waals surface area contributed by atoms with Gasteiger partial charge in [-0.1, -0.05) is 19.1 Å². The monoisotopic (exact) mass is 367 g/mol. The van der Waals surface area contributed by atoms with Gasteiger partial charge in [0.05, 0.1) is 6.04 Å². The molecule has 0 aliphatic carbocycles. The lowest BCUT2D eigenvalue weighted by Crippen LogP contribution is -2.32. The van der Waals surface area contributed by atoms with Gasteiger partial charge in [-0.3, -0.25) is 5.10 Å². The molecule has 0 bridgehead atoms. The van der Waals surface area contributed by atoms with Crippen LogP contribution >= 0.6 is 0 Å². The number of H-pyrrole nitrogens is 1. The topological polar surface area (TPSA) is 103 Å². The second kappa shape index (κ2) is 6.23. The number of sulfonamides is 1. The molecule has 0 amide bonds. The van der Waals surface area contributed by atoms with Crippen molar-refractivity contribution in [1.82, 2.24) is 14.5 Å². The lowest BCUT2D eigenvalue weighted by Gasteiger charge is -2.23. The summed E-state index contributed by atoms with van der Waals surface area (Å²) in [6.07, 6.45) is 0.522. The number of nitrogens with zero attached hydrogens (tertiary/aromatic N) is 2. The predicted molar refractivity (Wildman–Crippen MR) is 87.1 cm³/mol. The highest BCUT2D eigenvalue weighted by Gasteiger charge is 2.42. The number of aromatic nitrogens is 2. The van der Waals surface area contributed by atoms with Gasteiger partial charge in [-0.15, -0.1) is 0 Å². The smallest absolute Gasteiger partial charge is 0.340 e. The van der Waals surface area contributed by atoms with Gasteiger partial charge in [0, 0.05) is 12.2 Å². The Morgan fingerprint density at radius 3 is 2.80 bits per heavy atom. The molecule has 2 unspecified atom stereocenters. The number of aryl methyl sites for hydroxylation is 1. The first-order valence-corrected chi connectivity index (χ1v) is 9.21. The molecule has 3 rings (SSSR count). The van der Waals surface area contributed by atoms with E-state index in [1.807, 2.05) is 6.92 Å². The van der Waals surface area contributed by atoms with Crippen LogP contribution in [-0.2, 0) is 10.0 Å². The van der Waals surface area contributed by atoms with Gasteiger partial charge in [0.15, 0.2) is 0 Å². The molecule has 7 nitrogen and oxygen atoms in total. The maximum Gasteiger partial charge on any atom is 0.340 e. The van der Waals surface area contributed by atoms with Gasteiger partial charge in [0.25, 0.3) is 10.0 Å². The summed E-state index contributed by atoms with van der Waals surface area (Å²) in [5.74, 6) is -1.76. The van der Waals surface area contributed by atoms with Crippen molar-refractivity contribution in [3.63, 3.8) is 0 Å². The van der Waals surface area contributed by atoms with E-state index in [-0.39, 0.29) is 23.7 Å². The van der Waals surface area contributed by atoms with Crippen molar-refractivity contribution in [2.45, 2.75) is 31.3 Å². The summed E-state index contributed by atoms with van der Waals surface area (Å²) in [7, 11) is -4.15. The molecule has 2 aromatic rings. The average molecular weight is 367 g/mol. The van der Waals surface area contributed by atoms with E-state index in [0.717, 1.165) is 0 Å². The summed E-state index contributed by atoms with van der Waals surface area (Å²) in [6.45, 7) is 3.57. The molecule has 2 N–H and O–H groups in total. The highest BCUT2D eigenvalue weighted by Crippen LogP contribution is 2.39. The van der Waals surface area contributed by atoms with Crippen LogP contribution in [0.25, 0.3) is 0 Å². The van der Waals surface area contributed by atoms with E-state index in [1.165, 1.54) is 29.4 Å². The van der Waals surface area contributed by atoms with Crippen LogP contribution < -0.4 is 0 Å². The molecular formula is C16H18FN3O4S. The third-order valence-electron chi connectivity index (χ3n) is 4.38. The van der Waals surface area contributed by atoms with Gasteiger partial charge in [-0.25, -0.2) is 17.6 Å². The minimum atomic E-state index is -4.15. The van der Waals surface area contributed by atoms with Crippen molar-refractivity contribution in [2.24, 2.45) is 5.92 Å². The van der Waals surface area contributed by atoms with Gasteiger partial charge in [-0.05, 0) is 37.0 Å². The Labute approximate surface area is 144 Å². The van der Waals surface area contributed by atoms with E-state index in [2.05, 4.69) is 10.2 Å². The molecule has 2 atom stereocenters. The molecule has 1 aliphatic heterocycles. The number of aromatic carboxylic acids is 1. The van der Waals surface area contributed by atoms with Crippen LogP contribution in [0.5, 0.6) is 0 Å². The highest BCUT2D eigenvalue weighted by atomic mass is 32.2. The zero-order valence-corrected chi connectivity index (χ0v) is 14.5. The van der Waals surface area contributed by atoms with Crippen molar-refractivity contribution < 1.29 is 22.7 Å². The Morgan fingerprint density at radius 2 is 2.16 bits per heavy atom. The van der Waals surface area contributed by atoms with Crippen molar-refractivity contribution in [3.05, 3.63) is 46.9 Å².